The van der Waals surface area contributed by atoms with Gasteiger partial charge >= 0.3 is 5.97 Å². The molecule has 2 heterocycles. The van der Waals surface area contributed by atoms with E-state index in [1.165, 1.54) is 35.9 Å². The number of benzene rings is 1. The first kappa shape index (κ1) is 18.3. The third-order valence-electron chi connectivity index (χ3n) is 3.50. The quantitative estimate of drug-likeness (QED) is 0.472. The minimum atomic E-state index is -0.586. The number of hydrogen-bond donors (Lipinski definition) is 0. The summed E-state index contributed by atoms with van der Waals surface area (Å²) in [5.74, 6) is 0.213. The third kappa shape index (κ3) is 4.20. The molecule has 134 valence electrons. The molecule has 1 aromatic carbocycles. The molecule has 0 aliphatic rings. The third-order valence-corrected chi connectivity index (χ3v) is 5.38. The van der Waals surface area contributed by atoms with Crippen molar-refractivity contribution in [3.63, 3.8) is 0 Å². The highest BCUT2D eigenvalue weighted by atomic mass is 32.2. The van der Waals surface area contributed by atoms with Crippen LogP contribution in [0.15, 0.2) is 68.3 Å². The van der Waals surface area contributed by atoms with Gasteiger partial charge in [0.15, 0.2) is 5.16 Å². The van der Waals surface area contributed by atoms with Gasteiger partial charge in [-0.05, 0) is 18.4 Å². The maximum Gasteiger partial charge on any atom is 0.344 e. The number of aryl methyl sites for hydroxylation is 1. The molecule has 0 atom stereocenters. The van der Waals surface area contributed by atoms with Crippen LogP contribution in [0.3, 0.4) is 0 Å². The van der Waals surface area contributed by atoms with Gasteiger partial charge in [-0.1, -0.05) is 23.9 Å². The Bertz CT molecular complexity index is 981. The normalized spacial score (nSPS) is 10.7. The first-order valence-corrected chi connectivity index (χ1v) is 9.86. The lowest BCUT2D eigenvalue weighted by molar-refractivity contribution is 0.0725. The molecule has 0 saturated carbocycles. The van der Waals surface area contributed by atoms with Crippen molar-refractivity contribution >= 4 is 29.5 Å². The monoisotopic (exact) mass is 388 g/mol. The maximum atomic E-state index is 12.3. The summed E-state index contributed by atoms with van der Waals surface area (Å²) in [6.45, 7) is 0. The SMILES string of the molecule is CSc1ccccc1C(=O)Oc1coc(CSc2nccn2C)cc1=O. The van der Waals surface area contributed by atoms with Gasteiger partial charge < -0.3 is 13.7 Å². The number of aromatic nitrogens is 2. The molecule has 6 nitrogen and oxygen atoms in total. The van der Waals surface area contributed by atoms with E-state index in [2.05, 4.69) is 4.98 Å². The van der Waals surface area contributed by atoms with Crippen molar-refractivity contribution in [3.05, 3.63) is 70.5 Å². The van der Waals surface area contributed by atoms with Gasteiger partial charge in [-0.25, -0.2) is 9.78 Å². The molecule has 0 N–H and O–H groups in total. The summed E-state index contributed by atoms with van der Waals surface area (Å²) < 4.78 is 12.5. The molecule has 0 saturated heterocycles. The zero-order valence-electron chi connectivity index (χ0n) is 14.2. The molecule has 26 heavy (non-hydrogen) atoms. The van der Waals surface area contributed by atoms with Crippen molar-refractivity contribution < 1.29 is 13.9 Å². The van der Waals surface area contributed by atoms with Crippen LogP contribution in [0.5, 0.6) is 5.75 Å². The van der Waals surface area contributed by atoms with Crippen molar-refractivity contribution in [1.29, 1.82) is 0 Å². The number of carbonyl (C=O) groups excluding carboxylic acids is 1. The van der Waals surface area contributed by atoms with Gasteiger partial charge in [-0.2, -0.15) is 0 Å². The van der Waals surface area contributed by atoms with Crippen molar-refractivity contribution in [1.82, 2.24) is 9.55 Å². The predicted octanol–water partition coefficient (Wildman–Crippen LogP) is 3.61. The van der Waals surface area contributed by atoms with Crippen molar-refractivity contribution in [2.24, 2.45) is 7.05 Å². The van der Waals surface area contributed by atoms with Crippen LogP contribution in [0.2, 0.25) is 0 Å². The molecular weight excluding hydrogens is 372 g/mol. The molecule has 0 radical (unpaired) electrons. The largest absolute Gasteiger partial charge is 0.464 e. The fraction of sp³-hybridized carbons (Fsp3) is 0.167. The summed E-state index contributed by atoms with van der Waals surface area (Å²) in [4.78, 5) is 29.5. The van der Waals surface area contributed by atoms with Crippen molar-refractivity contribution in [2.75, 3.05) is 6.26 Å². The van der Waals surface area contributed by atoms with E-state index in [4.69, 9.17) is 9.15 Å². The number of nitrogens with zero attached hydrogens (tertiary/aromatic N) is 2. The molecule has 8 heteroatoms. The lowest BCUT2D eigenvalue weighted by atomic mass is 10.2. The minimum absolute atomic E-state index is 0.128. The number of imidazole rings is 1. The molecule has 0 aliphatic carbocycles. The summed E-state index contributed by atoms with van der Waals surface area (Å²) in [6, 6.07) is 8.40. The highest BCUT2D eigenvalue weighted by Crippen LogP contribution is 2.22. The first-order chi connectivity index (χ1) is 12.6. The number of rotatable bonds is 6. The van der Waals surface area contributed by atoms with Crippen LogP contribution in [-0.2, 0) is 12.8 Å². The van der Waals surface area contributed by atoms with E-state index in [1.54, 1.807) is 18.3 Å². The summed E-state index contributed by atoms with van der Waals surface area (Å²) in [5, 5.41) is 0.817. The van der Waals surface area contributed by atoms with Crippen LogP contribution in [-0.4, -0.2) is 21.8 Å². The minimum Gasteiger partial charge on any atom is -0.464 e. The summed E-state index contributed by atoms with van der Waals surface area (Å²) in [6.07, 6.45) is 6.59. The lowest BCUT2D eigenvalue weighted by Crippen LogP contribution is -2.15. The molecule has 0 fully saturated rings. The second-order valence-corrected chi connectivity index (χ2v) is 7.06. The van der Waals surface area contributed by atoms with Crippen molar-refractivity contribution in [2.45, 2.75) is 15.8 Å². The molecule has 2 aromatic heterocycles. The molecular formula is C18H16N2O4S2. The highest BCUT2D eigenvalue weighted by Gasteiger charge is 2.15. The predicted molar refractivity (Wildman–Crippen MR) is 101 cm³/mol. The van der Waals surface area contributed by atoms with Crippen LogP contribution in [0.1, 0.15) is 16.1 Å². The molecule has 0 amide bonds. The molecule has 0 aliphatic heterocycles. The highest BCUT2D eigenvalue weighted by molar-refractivity contribution is 7.98. The zero-order valence-corrected chi connectivity index (χ0v) is 15.8. The maximum absolute atomic E-state index is 12.3. The Morgan fingerprint density at radius 3 is 2.85 bits per heavy atom. The van der Waals surface area contributed by atoms with Crippen LogP contribution in [0.4, 0.5) is 0 Å². The summed E-state index contributed by atoms with van der Waals surface area (Å²) in [7, 11) is 1.89. The number of ether oxygens (including phenoxy) is 1. The van der Waals surface area contributed by atoms with E-state index >= 15 is 0 Å². The Kier molecular flexibility index (Phi) is 5.85. The Labute approximate surface area is 158 Å². The molecule has 0 spiro atoms. The summed E-state index contributed by atoms with van der Waals surface area (Å²) >= 11 is 2.88. The summed E-state index contributed by atoms with van der Waals surface area (Å²) in [5.41, 5.74) is 0.00971. The van der Waals surface area contributed by atoms with Gasteiger partial charge in [0, 0.05) is 30.4 Å². The van der Waals surface area contributed by atoms with E-state index in [0.717, 1.165) is 10.1 Å². The Hall–Kier alpha value is -2.45. The van der Waals surface area contributed by atoms with Gasteiger partial charge in [-0.15, -0.1) is 11.8 Å². The van der Waals surface area contributed by atoms with Crippen LogP contribution in [0, 0.1) is 0 Å². The van der Waals surface area contributed by atoms with E-state index in [-0.39, 0.29) is 5.75 Å². The average Bonchev–Trinajstić information content (AvgIpc) is 3.06. The second kappa shape index (κ2) is 8.29. The van der Waals surface area contributed by atoms with Gasteiger partial charge in [0.25, 0.3) is 0 Å². The molecule has 0 unspecified atom stereocenters. The van der Waals surface area contributed by atoms with Gasteiger partial charge in [-0.3, -0.25) is 4.79 Å². The molecule has 3 rings (SSSR count). The second-order valence-electron chi connectivity index (χ2n) is 5.27. The standard InChI is InChI=1S/C18H16N2O4S2/c1-20-8-7-19-18(20)26-11-12-9-14(21)15(10-23-12)24-17(22)13-5-3-4-6-16(13)25-2/h3-10H,11H2,1-2H3. The van der Waals surface area contributed by atoms with E-state index in [9.17, 15) is 9.59 Å². The molecule has 3 aromatic rings. The zero-order chi connectivity index (χ0) is 18.5. The lowest BCUT2D eigenvalue weighted by Gasteiger charge is -2.07. The van der Waals surface area contributed by atoms with Crippen LogP contribution >= 0.6 is 23.5 Å². The van der Waals surface area contributed by atoms with Crippen LogP contribution in [0.25, 0.3) is 0 Å². The fourth-order valence-electron chi connectivity index (χ4n) is 2.18. The van der Waals surface area contributed by atoms with Gasteiger partial charge in [0.2, 0.25) is 11.2 Å². The smallest absolute Gasteiger partial charge is 0.344 e. The fourth-order valence-corrected chi connectivity index (χ4v) is 3.59. The number of thioether (sulfide) groups is 2. The average molecular weight is 388 g/mol. The topological polar surface area (TPSA) is 74.3 Å². The van der Waals surface area contributed by atoms with E-state index in [0.29, 0.717) is 17.1 Å². The Morgan fingerprint density at radius 1 is 1.35 bits per heavy atom. The Balaban J connectivity index is 1.70. The van der Waals surface area contributed by atoms with Crippen LogP contribution < -0.4 is 10.2 Å². The van der Waals surface area contributed by atoms with Gasteiger partial charge in [0.1, 0.15) is 12.0 Å². The first-order valence-electron chi connectivity index (χ1n) is 7.65. The van der Waals surface area contributed by atoms with E-state index in [1.807, 2.05) is 36.2 Å². The van der Waals surface area contributed by atoms with Gasteiger partial charge in [0.05, 0.1) is 11.3 Å². The number of esters is 1. The van der Waals surface area contributed by atoms with Crippen molar-refractivity contribution in [3.8, 4) is 5.75 Å². The number of carbonyl (C=O) groups is 1. The van der Waals surface area contributed by atoms with E-state index < -0.39 is 11.4 Å². The molecule has 0 bridgehead atoms. The number of hydrogen-bond acceptors (Lipinski definition) is 7. The Morgan fingerprint density at radius 2 is 2.15 bits per heavy atom.